The fourth-order valence-corrected chi connectivity index (χ4v) is 3.49. The molecule has 0 spiro atoms. The van der Waals surface area contributed by atoms with Gasteiger partial charge in [0.15, 0.2) is 0 Å². The minimum absolute atomic E-state index is 0.0423. The number of nitrogen functional groups attached to an aromatic ring is 1. The Labute approximate surface area is 158 Å². The van der Waals surface area contributed by atoms with Crippen molar-refractivity contribution in [2.45, 2.75) is 6.54 Å². The Balaban J connectivity index is 1.76. The monoisotopic (exact) mass is 377 g/mol. The van der Waals surface area contributed by atoms with Crippen LogP contribution < -0.4 is 5.73 Å². The van der Waals surface area contributed by atoms with Crippen LogP contribution in [-0.2, 0) is 6.54 Å². The van der Waals surface area contributed by atoms with Gasteiger partial charge in [0, 0.05) is 23.9 Å². The molecule has 0 atom stereocenters. The number of hydrogen-bond donors (Lipinski definition) is 2. The SMILES string of the molecule is Nc1nc2ccc(-c3c(-c4ccc(F)cc4)nc4occn34)cc2n1CCO. The third-order valence-electron chi connectivity index (χ3n) is 4.75. The smallest absolute Gasteiger partial charge is 0.306 e. The van der Waals surface area contributed by atoms with E-state index in [-0.39, 0.29) is 12.4 Å². The van der Waals surface area contributed by atoms with E-state index in [1.165, 1.54) is 12.1 Å². The van der Waals surface area contributed by atoms with Gasteiger partial charge in [0.25, 0.3) is 0 Å². The van der Waals surface area contributed by atoms with Crippen molar-refractivity contribution in [3.63, 3.8) is 0 Å². The summed E-state index contributed by atoms with van der Waals surface area (Å²) >= 11 is 0. The Morgan fingerprint density at radius 1 is 1.07 bits per heavy atom. The first kappa shape index (κ1) is 16.5. The van der Waals surface area contributed by atoms with E-state index in [0.29, 0.717) is 24.0 Å². The van der Waals surface area contributed by atoms with Crippen molar-refractivity contribution in [2.24, 2.45) is 0 Å². The number of halogens is 1. The van der Waals surface area contributed by atoms with Crippen LogP contribution in [0.15, 0.2) is 59.3 Å². The number of nitrogens with two attached hydrogens (primary N) is 1. The lowest BCUT2D eigenvalue weighted by molar-refractivity contribution is 0.278. The van der Waals surface area contributed by atoms with Gasteiger partial charge in [-0.3, -0.25) is 4.40 Å². The van der Waals surface area contributed by atoms with Gasteiger partial charge in [-0.2, -0.15) is 4.98 Å². The molecule has 0 radical (unpaired) electrons. The summed E-state index contributed by atoms with van der Waals surface area (Å²) in [5, 5.41) is 9.34. The van der Waals surface area contributed by atoms with Gasteiger partial charge in [0.05, 0.1) is 23.3 Å². The molecule has 0 bridgehead atoms. The summed E-state index contributed by atoms with van der Waals surface area (Å²) < 4.78 is 22.5. The topological polar surface area (TPSA) is 94.5 Å². The van der Waals surface area contributed by atoms with Crippen LogP contribution in [-0.4, -0.2) is 30.6 Å². The molecule has 3 aromatic heterocycles. The van der Waals surface area contributed by atoms with Gasteiger partial charge < -0.3 is 19.8 Å². The first-order valence-corrected chi connectivity index (χ1v) is 8.74. The number of imidazole rings is 2. The highest BCUT2D eigenvalue weighted by molar-refractivity contribution is 5.88. The van der Waals surface area contributed by atoms with Crippen LogP contribution in [0, 0.1) is 5.82 Å². The number of hydrogen-bond acceptors (Lipinski definition) is 5. The van der Waals surface area contributed by atoms with Crippen molar-refractivity contribution < 1.29 is 13.9 Å². The number of benzene rings is 2. The maximum absolute atomic E-state index is 13.4. The predicted octanol–water partition coefficient (Wildman–Crippen LogP) is 3.32. The second kappa shape index (κ2) is 6.21. The number of aliphatic hydroxyl groups excluding tert-OH is 1. The molecule has 0 aliphatic rings. The first-order valence-electron chi connectivity index (χ1n) is 8.74. The number of rotatable bonds is 4. The van der Waals surface area contributed by atoms with Crippen LogP contribution in [0.1, 0.15) is 0 Å². The van der Waals surface area contributed by atoms with E-state index in [9.17, 15) is 9.50 Å². The van der Waals surface area contributed by atoms with Crippen molar-refractivity contribution in [1.82, 2.24) is 18.9 Å². The summed E-state index contributed by atoms with van der Waals surface area (Å²) in [5.74, 6) is 0.484. The summed E-state index contributed by atoms with van der Waals surface area (Å²) in [4.78, 5) is 8.92. The van der Waals surface area contributed by atoms with Crippen molar-refractivity contribution in [3.8, 4) is 22.5 Å². The van der Waals surface area contributed by atoms with Gasteiger partial charge in [0.1, 0.15) is 17.8 Å². The number of oxazole rings is 1. The van der Waals surface area contributed by atoms with Gasteiger partial charge in [-0.05, 0) is 36.4 Å². The van der Waals surface area contributed by atoms with Crippen LogP contribution in [0.4, 0.5) is 10.3 Å². The van der Waals surface area contributed by atoms with Crippen LogP contribution in [0.2, 0.25) is 0 Å². The molecule has 0 unspecified atom stereocenters. The molecule has 28 heavy (non-hydrogen) atoms. The van der Waals surface area contributed by atoms with Gasteiger partial charge in [-0.25, -0.2) is 9.37 Å². The average Bonchev–Trinajstić information content (AvgIpc) is 3.36. The minimum Gasteiger partial charge on any atom is -0.432 e. The van der Waals surface area contributed by atoms with Gasteiger partial charge in [-0.1, -0.05) is 6.07 Å². The molecule has 5 rings (SSSR count). The van der Waals surface area contributed by atoms with Crippen molar-refractivity contribution in [2.75, 3.05) is 12.3 Å². The molecule has 0 aliphatic carbocycles. The standard InChI is InChI=1S/C20H16FN5O2/c21-14-4-1-12(2-5-14)17-18(26-8-10-28-20(26)24-17)13-3-6-15-16(11-13)25(7-9-27)19(22)23-15/h1-6,8,10-11,27H,7,9H2,(H2,22,23). The highest BCUT2D eigenvalue weighted by Crippen LogP contribution is 2.35. The maximum atomic E-state index is 13.4. The summed E-state index contributed by atoms with van der Waals surface area (Å²) in [6.07, 6.45) is 3.35. The molecule has 0 aliphatic heterocycles. The Hall–Kier alpha value is -3.65. The Kier molecular flexibility index (Phi) is 3.66. The van der Waals surface area contributed by atoms with Gasteiger partial charge in [0.2, 0.25) is 5.95 Å². The lowest BCUT2D eigenvalue weighted by atomic mass is 10.0. The van der Waals surface area contributed by atoms with Crippen molar-refractivity contribution >= 4 is 22.8 Å². The third-order valence-corrected chi connectivity index (χ3v) is 4.75. The second-order valence-electron chi connectivity index (χ2n) is 6.42. The van der Waals surface area contributed by atoms with Crippen LogP contribution >= 0.6 is 0 Å². The van der Waals surface area contributed by atoms with E-state index in [0.717, 1.165) is 27.9 Å². The molecular formula is C20H16FN5O2. The van der Waals surface area contributed by atoms with E-state index in [4.69, 9.17) is 10.2 Å². The summed E-state index contributed by atoms with van der Waals surface area (Å²) in [6.45, 7) is 0.309. The zero-order valence-corrected chi connectivity index (χ0v) is 14.7. The second-order valence-corrected chi connectivity index (χ2v) is 6.42. The molecule has 0 saturated heterocycles. The first-order chi connectivity index (χ1) is 13.7. The van der Waals surface area contributed by atoms with Crippen molar-refractivity contribution in [1.29, 1.82) is 0 Å². The summed E-state index contributed by atoms with van der Waals surface area (Å²) in [5.41, 5.74) is 10.7. The highest BCUT2D eigenvalue weighted by atomic mass is 19.1. The lowest BCUT2D eigenvalue weighted by Gasteiger charge is -2.07. The molecule has 0 saturated carbocycles. The third kappa shape index (κ3) is 2.46. The number of aromatic nitrogens is 4. The molecule has 3 heterocycles. The van der Waals surface area contributed by atoms with Crippen LogP contribution in [0.5, 0.6) is 0 Å². The fraction of sp³-hybridized carbons (Fsp3) is 0.100. The summed E-state index contributed by atoms with van der Waals surface area (Å²) in [6, 6.07) is 11.9. The number of anilines is 1. The van der Waals surface area contributed by atoms with Gasteiger partial charge in [-0.15, -0.1) is 0 Å². The quantitative estimate of drug-likeness (QED) is 0.501. The minimum atomic E-state index is -0.307. The maximum Gasteiger partial charge on any atom is 0.306 e. The molecule has 5 aromatic rings. The number of fused-ring (bicyclic) bond motifs is 2. The Morgan fingerprint density at radius 3 is 2.64 bits per heavy atom. The molecular weight excluding hydrogens is 361 g/mol. The van der Waals surface area contributed by atoms with E-state index >= 15 is 0 Å². The normalized spacial score (nSPS) is 11.6. The molecule has 2 aromatic carbocycles. The predicted molar refractivity (Wildman–Crippen MR) is 103 cm³/mol. The lowest BCUT2D eigenvalue weighted by Crippen LogP contribution is -2.06. The van der Waals surface area contributed by atoms with E-state index in [1.807, 2.05) is 22.6 Å². The largest absolute Gasteiger partial charge is 0.432 e. The van der Waals surface area contributed by atoms with Gasteiger partial charge >= 0.3 is 5.84 Å². The molecule has 8 heteroatoms. The Bertz CT molecular complexity index is 1300. The number of nitrogens with zero attached hydrogens (tertiary/aromatic N) is 4. The summed E-state index contributed by atoms with van der Waals surface area (Å²) in [7, 11) is 0. The molecule has 0 amide bonds. The Morgan fingerprint density at radius 2 is 1.86 bits per heavy atom. The fourth-order valence-electron chi connectivity index (χ4n) is 3.49. The van der Waals surface area contributed by atoms with Crippen LogP contribution in [0.3, 0.4) is 0 Å². The molecule has 140 valence electrons. The van der Waals surface area contributed by atoms with E-state index in [2.05, 4.69) is 9.97 Å². The van der Waals surface area contributed by atoms with Crippen LogP contribution in [0.25, 0.3) is 39.4 Å². The van der Waals surface area contributed by atoms with E-state index < -0.39 is 0 Å². The molecule has 0 fully saturated rings. The van der Waals surface area contributed by atoms with Crippen molar-refractivity contribution in [3.05, 3.63) is 60.7 Å². The molecule has 3 N–H and O–H groups in total. The zero-order chi connectivity index (χ0) is 19.3. The molecule has 7 nitrogen and oxygen atoms in total. The van der Waals surface area contributed by atoms with E-state index in [1.54, 1.807) is 29.2 Å². The average molecular weight is 377 g/mol. The number of aliphatic hydroxyl groups is 1. The highest BCUT2D eigenvalue weighted by Gasteiger charge is 2.19. The zero-order valence-electron chi connectivity index (χ0n) is 14.7.